The first-order valence-corrected chi connectivity index (χ1v) is 18.9. The summed E-state index contributed by atoms with van der Waals surface area (Å²) in [5.74, 6) is -1.33. The molecule has 3 aliphatic rings. The van der Waals surface area contributed by atoms with Gasteiger partial charge in [-0.3, -0.25) is 19.1 Å². The van der Waals surface area contributed by atoms with Gasteiger partial charge in [0.1, 0.15) is 34.5 Å². The molecule has 0 bridgehead atoms. The lowest BCUT2D eigenvalue weighted by Crippen LogP contribution is -2.62. The van der Waals surface area contributed by atoms with E-state index in [0.29, 0.717) is 35.1 Å². The Balaban J connectivity index is 1.48. The van der Waals surface area contributed by atoms with Gasteiger partial charge in [0, 0.05) is 23.4 Å². The highest BCUT2D eigenvalue weighted by molar-refractivity contribution is 7.91. The summed E-state index contributed by atoms with van der Waals surface area (Å²) in [6.07, 6.45) is 1.98. The highest BCUT2D eigenvalue weighted by atomic mass is 35.5. The summed E-state index contributed by atoms with van der Waals surface area (Å²) in [7, 11) is -3.94. The summed E-state index contributed by atoms with van der Waals surface area (Å²) in [6.45, 7) is 15.2. The third-order valence-electron chi connectivity index (χ3n) is 8.87. The largest absolute Gasteiger partial charge is 0.484 e. The van der Waals surface area contributed by atoms with E-state index in [4.69, 9.17) is 30.5 Å². The average molecular weight is 764 g/mol. The lowest BCUT2D eigenvalue weighted by molar-refractivity contribution is -0.143. The molecule has 1 aromatic heterocycles. The number of benzene rings is 1. The fourth-order valence-corrected chi connectivity index (χ4v) is 7.69. The van der Waals surface area contributed by atoms with Crippen LogP contribution in [0.2, 0.25) is 5.15 Å². The van der Waals surface area contributed by atoms with Crippen molar-refractivity contribution in [3.05, 3.63) is 36.1 Å². The van der Waals surface area contributed by atoms with Gasteiger partial charge in [-0.25, -0.2) is 18.2 Å². The van der Waals surface area contributed by atoms with Crippen LogP contribution in [0, 0.1) is 5.41 Å². The van der Waals surface area contributed by atoms with Gasteiger partial charge in [0.25, 0.3) is 5.91 Å². The molecule has 3 heterocycles. The Morgan fingerprint density at radius 2 is 1.77 bits per heavy atom. The molecule has 1 aromatic carbocycles. The van der Waals surface area contributed by atoms with Gasteiger partial charge in [-0.2, -0.15) is 0 Å². The van der Waals surface area contributed by atoms with Crippen LogP contribution in [0.1, 0.15) is 74.1 Å². The number of carbonyl (C=O) groups is 4. The number of hydrogen-bond acceptors (Lipinski definition) is 11. The molecule has 0 unspecified atom stereocenters. The molecular formula is C35H46ClN5O10S. The summed E-state index contributed by atoms with van der Waals surface area (Å²) in [5, 5.41) is 6.08. The van der Waals surface area contributed by atoms with Crippen molar-refractivity contribution in [2.45, 2.75) is 109 Å². The highest BCUT2D eigenvalue weighted by Gasteiger charge is 2.49. The van der Waals surface area contributed by atoms with E-state index in [-0.39, 0.29) is 37.1 Å². The van der Waals surface area contributed by atoms with E-state index in [2.05, 4.69) is 26.9 Å². The molecule has 4 atom stereocenters. The second-order valence-electron chi connectivity index (χ2n) is 15.6. The van der Waals surface area contributed by atoms with E-state index < -0.39 is 73.8 Å². The third-order valence-corrected chi connectivity index (χ3v) is 11.0. The summed E-state index contributed by atoms with van der Waals surface area (Å²) in [4.78, 5) is 60.5. The van der Waals surface area contributed by atoms with Gasteiger partial charge < -0.3 is 34.5 Å². The molecule has 0 radical (unpaired) electrons. The number of sulfonamides is 1. The Kier molecular flexibility index (Phi) is 10.7. The maximum absolute atomic E-state index is 14.5. The molecule has 2 fully saturated rings. The zero-order valence-corrected chi connectivity index (χ0v) is 31.9. The SMILES string of the molecule is C=CC[C@](C)(NC(=O)[C@H]1C[C@@H](Oc2cc3c(Cl)nccc3c3c2OCO3)CN1C(=O)[C@@H](NC(=O)OC(C)(C)C)C(C)(C)C)C(=O)NS(=O)(=O)C1CC1. The van der Waals surface area contributed by atoms with Crippen molar-refractivity contribution in [3.8, 4) is 17.2 Å². The zero-order chi connectivity index (χ0) is 38.4. The van der Waals surface area contributed by atoms with E-state index in [1.165, 1.54) is 24.1 Å². The number of pyridine rings is 1. The molecule has 1 aliphatic carbocycles. The molecule has 1 saturated heterocycles. The van der Waals surface area contributed by atoms with Gasteiger partial charge in [0.05, 0.1) is 11.8 Å². The van der Waals surface area contributed by atoms with E-state index in [1.54, 1.807) is 53.7 Å². The lowest BCUT2D eigenvalue weighted by Gasteiger charge is -2.36. The van der Waals surface area contributed by atoms with Crippen LogP contribution >= 0.6 is 11.6 Å². The van der Waals surface area contributed by atoms with Crippen molar-refractivity contribution in [1.82, 2.24) is 25.2 Å². The number of ether oxygens (including phenoxy) is 4. The first-order chi connectivity index (χ1) is 24.1. The predicted molar refractivity (Wildman–Crippen MR) is 191 cm³/mol. The molecule has 52 heavy (non-hydrogen) atoms. The molecule has 2 aliphatic heterocycles. The first-order valence-electron chi connectivity index (χ1n) is 17.0. The van der Waals surface area contributed by atoms with Gasteiger partial charge in [-0.15, -0.1) is 6.58 Å². The van der Waals surface area contributed by atoms with Gasteiger partial charge >= 0.3 is 6.09 Å². The Bertz CT molecular complexity index is 1890. The second-order valence-corrected chi connectivity index (χ2v) is 17.9. The van der Waals surface area contributed by atoms with E-state index in [9.17, 15) is 27.6 Å². The molecule has 3 N–H and O–H groups in total. The standard InChI is InChI=1S/C35H46ClN5O10S/c1-9-13-35(8,31(44)40-52(46,47)20-10-11-20)39-29(42)23-15-19(17-41(23)30(43)27(33(2,3)4)38-32(45)51-34(5,6)7)50-24-16-22-21(12-14-37-28(22)36)25-26(24)49-18-48-25/h9,12,14,16,19-20,23,27H,1,10-11,13,15,17-18H2,2-8H3,(H,38,45)(H,39,42)(H,40,44)/t19-,23-,27-,35+/m1/s1. The normalized spacial score (nSPS) is 20.4. The number of nitrogens with zero attached hydrogens (tertiary/aromatic N) is 2. The molecule has 5 rings (SSSR count). The smallest absolute Gasteiger partial charge is 0.408 e. The Hall–Kier alpha value is -4.31. The number of nitrogens with one attached hydrogen (secondary N) is 3. The maximum Gasteiger partial charge on any atom is 0.408 e. The molecule has 0 spiro atoms. The number of alkyl carbamates (subject to hydrolysis) is 1. The number of fused-ring (bicyclic) bond motifs is 3. The van der Waals surface area contributed by atoms with Crippen molar-refractivity contribution in [2.75, 3.05) is 13.3 Å². The average Bonchev–Trinajstić information content (AvgIpc) is 3.63. The first kappa shape index (κ1) is 38.9. The summed E-state index contributed by atoms with van der Waals surface area (Å²) in [6, 6.07) is 0.988. The van der Waals surface area contributed by atoms with E-state index >= 15 is 0 Å². The lowest BCUT2D eigenvalue weighted by atomic mass is 9.85. The molecular weight excluding hydrogens is 718 g/mol. The Labute approximate surface area is 308 Å². The second kappa shape index (κ2) is 14.3. The maximum atomic E-state index is 14.5. The number of aromatic nitrogens is 1. The predicted octanol–water partition coefficient (Wildman–Crippen LogP) is 3.96. The van der Waals surface area contributed by atoms with Crippen LogP contribution in [0.4, 0.5) is 4.79 Å². The molecule has 4 amide bonds. The monoisotopic (exact) mass is 763 g/mol. The van der Waals surface area contributed by atoms with E-state index in [1.807, 2.05) is 0 Å². The Morgan fingerprint density at radius 3 is 2.38 bits per heavy atom. The van der Waals surface area contributed by atoms with Crippen LogP contribution in [0.15, 0.2) is 31.0 Å². The fourth-order valence-electron chi connectivity index (χ4n) is 6.07. The van der Waals surface area contributed by atoms with Crippen molar-refractivity contribution in [3.63, 3.8) is 0 Å². The molecule has 284 valence electrons. The quantitative estimate of drug-likeness (QED) is 0.222. The number of halogens is 1. The minimum atomic E-state index is -3.94. The van der Waals surface area contributed by atoms with Crippen LogP contribution in [0.25, 0.3) is 10.8 Å². The number of rotatable bonds is 11. The molecule has 1 saturated carbocycles. The summed E-state index contributed by atoms with van der Waals surface area (Å²) < 4.78 is 50.8. The van der Waals surface area contributed by atoms with Gasteiger partial charge in [-0.1, -0.05) is 38.4 Å². The minimum absolute atomic E-state index is 0.0541. The van der Waals surface area contributed by atoms with Crippen LogP contribution in [-0.4, -0.2) is 90.0 Å². The van der Waals surface area contributed by atoms with Crippen LogP contribution in [0.3, 0.4) is 0 Å². The van der Waals surface area contributed by atoms with Crippen molar-refractivity contribution >= 4 is 56.2 Å². The van der Waals surface area contributed by atoms with Gasteiger partial charge in [0.15, 0.2) is 11.5 Å². The van der Waals surface area contributed by atoms with Crippen LogP contribution in [-0.2, 0) is 29.1 Å². The van der Waals surface area contributed by atoms with Crippen molar-refractivity contribution < 1.29 is 46.5 Å². The fraction of sp³-hybridized carbons (Fsp3) is 0.571. The number of carbonyl (C=O) groups excluding carboxylic acids is 4. The summed E-state index contributed by atoms with van der Waals surface area (Å²) >= 11 is 6.42. The van der Waals surface area contributed by atoms with E-state index in [0.717, 1.165) is 0 Å². The topological polar surface area (TPSA) is 192 Å². The number of amides is 4. The van der Waals surface area contributed by atoms with Gasteiger partial charge in [-0.05, 0) is 64.5 Å². The molecule has 15 nitrogen and oxygen atoms in total. The Morgan fingerprint density at radius 1 is 1.10 bits per heavy atom. The molecule has 2 aromatic rings. The highest BCUT2D eigenvalue weighted by Crippen LogP contribution is 2.48. The molecule has 17 heteroatoms. The van der Waals surface area contributed by atoms with Crippen molar-refractivity contribution in [1.29, 1.82) is 0 Å². The van der Waals surface area contributed by atoms with Crippen LogP contribution in [0.5, 0.6) is 17.2 Å². The summed E-state index contributed by atoms with van der Waals surface area (Å²) in [5.41, 5.74) is -3.45. The third kappa shape index (κ3) is 8.49. The minimum Gasteiger partial charge on any atom is -0.484 e. The number of hydrogen-bond donors (Lipinski definition) is 3. The van der Waals surface area contributed by atoms with Crippen LogP contribution < -0.4 is 29.6 Å². The number of likely N-dealkylation sites (tertiary alicyclic amines) is 1. The zero-order valence-electron chi connectivity index (χ0n) is 30.3. The van der Waals surface area contributed by atoms with Crippen molar-refractivity contribution in [2.24, 2.45) is 5.41 Å². The van der Waals surface area contributed by atoms with Gasteiger partial charge in [0.2, 0.25) is 34.4 Å².